The van der Waals surface area contributed by atoms with E-state index in [0.29, 0.717) is 6.04 Å². The molecule has 54 valence electrons. The van der Waals surface area contributed by atoms with Crippen LogP contribution in [0.5, 0.6) is 0 Å². The highest BCUT2D eigenvalue weighted by Crippen LogP contribution is 2.06. The molecule has 1 aliphatic carbocycles. The molecule has 0 aromatic heterocycles. The van der Waals surface area contributed by atoms with Gasteiger partial charge in [-0.25, -0.2) is 0 Å². The molecular weight excluding hydrogens is 110 g/mol. The Balaban J connectivity index is 0.000000291. The highest BCUT2D eigenvalue weighted by molar-refractivity contribution is 4.91. The molecule has 0 aliphatic heterocycles. The van der Waals surface area contributed by atoms with Gasteiger partial charge in [-0.1, -0.05) is 26.0 Å². The zero-order chi connectivity index (χ0) is 7.11. The first-order chi connectivity index (χ1) is 4.39. The largest absolute Gasteiger partial charge is 0.327 e. The van der Waals surface area contributed by atoms with Crippen LogP contribution in [0, 0.1) is 0 Å². The van der Waals surface area contributed by atoms with Crippen LogP contribution in [0.15, 0.2) is 12.2 Å². The third-order valence-corrected chi connectivity index (χ3v) is 1.31. The van der Waals surface area contributed by atoms with Crippen LogP contribution in [0.4, 0.5) is 0 Å². The summed E-state index contributed by atoms with van der Waals surface area (Å²) in [5.41, 5.74) is 5.58. The van der Waals surface area contributed by atoms with Gasteiger partial charge in [0, 0.05) is 6.04 Å². The highest BCUT2D eigenvalue weighted by atomic mass is 14.6. The SMILES string of the molecule is CC.NC1CC=CCC1. The Hall–Kier alpha value is -0.300. The van der Waals surface area contributed by atoms with E-state index >= 15 is 0 Å². The molecule has 0 saturated carbocycles. The maximum Gasteiger partial charge on any atom is 0.00763 e. The van der Waals surface area contributed by atoms with Crippen molar-refractivity contribution in [2.24, 2.45) is 5.73 Å². The van der Waals surface area contributed by atoms with Crippen LogP contribution < -0.4 is 5.73 Å². The van der Waals surface area contributed by atoms with Crippen molar-refractivity contribution >= 4 is 0 Å². The average Bonchev–Trinajstić information content (AvgIpc) is 1.94. The van der Waals surface area contributed by atoms with Crippen LogP contribution in [0.2, 0.25) is 0 Å². The van der Waals surface area contributed by atoms with E-state index < -0.39 is 0 Å². The Morgan fingerprint density at radius 1 is 1.33 bits per heavy atom. The fourth-order valence-corrected chi connectivity index (χ4v) is 0.817. The molecule has 1 aliphatic rings. The lowest BCUT2D eigenvalue weighted by atomic mass is 10.0. The van der Waals surface area contributed by atoms with Crippen molar-refractivity contribution in [2.75, 3.05) is 0 Å². The molecule has 0 aromatic rings. The quantitative estimate of drug-likeness (QED) is 0.495. The summed E-state index contributed by atoms with van der Waals surface area (Å²) in [6.07, 6.45) is 7.80. The minimum Gasteiger partial charge on any atom is -0.327 e. The van der Waals surface area contributed by atoms with Crippen LogP contribution >= 0.6 is 0 Å². The number of rotatable bonds is 0. The van der Waals surface area contributed by atoms with Gasteiger partial charge < -0.3 is 5.73 Å². The molecule has 0 saturated heterocycles. The van der Waals surface area contributed by atoms with Gasteiger partial charge in [-0.3, -0.25) is 0 Å². The van der Waals surface area contributed by atoms with Gasteiger partial charge in [0.1, 0.15) is 0 Å². The maximum atomic E-state index is 5.58. The van der Waals surface area contributed by atoms with Crippen LogP contribution in [0.25, 0.3) is 0 Å². The molecule has 0 bridgehead atoms. The van der Waals surface area contributed by atoms with Crippen molar-refractivity contribution in [2.45, 2.75) is 39.2 Å². The zero-order valence-corrected chi connectivity index (χ0v) is 6.43. The van der Waals surface area contributed by atoms with E-state index in [-0.39, 0.29) is 0 Å². The summed E-state index contributed by atoms with van der Waals surface area (Å²) in [7, 11) is 0. The Morgan fingerprint density at radius 2 is 2.00 bits per heavy atom. The smallest absolute Gasteiger partial charge is 0.00763 e. The van der Waals surface area contributed by atoms with Crippen LogP contribution in [-0.4, -0.2) is 6.04 Å². The topological polar surface area (TPSA) is 26.0 Å². The molecule has 0 heterocycles. The Labute approximate surface area is 57.9 Å². The summed E-state index contributed by atoms with van der Waals surface area (Å²) in [4.78, 5) is 0. The van der Waals surface area contributed by atoms with Gasteiger partial charge in [-0.15, -0.1) is 0 Å². The molecule has 1 nitrogen and oxygen atoms in total. The Bertz CT molecular complexity index is 76.6. The lowest BCUT2D eigenvalue weighted by Gasteiger charge is -2.09. The van der Waals surface area contributed by atoms with Crippen molar-refractivity contribution in [3.8, 4) is 0 Å². The van der Waals surface area contributed by atoms with Crippen LogP contribution in [0.3, 0.4) is 0 Å². The molecule has 0 fully saturated rings. The van der Waals surface area contributed by atoms with Gasteiger partial charge in [-0.2, -0.15) is 0 Å². The zero-order valence-electron chi connectivity index (χ0n) is 6.43. The standard InChI is InChI=1S/C6H11N.C2H6/c7-6-4-2-1-3-5-6;1-2/h1-2,6H,3-5,7H2;1-2H3. The molecule has 1 atom stereocenters. The van der Waals surface area contributed by atoms with Crippen LogP contribution in [0.1, 0.15) is 33.1 Å². The normalized spacial score (nSPS) is 24.6. The number of allylic oxidation sites excluding steroid dienone is 1. The monoisotopic (exact) mass is 127 g/mol. The first-order valence-electron chi connectivity index (χ1n) is 3.80. The summed E-state index contributed by atoms with van der Waals surface area (Å²) in [6, 6.07) is 0.449. The second-order valence-electron chi connectivity index (χ2n) is 2.04. The van der Waals surface area contributed by atoms with Crippen molar-refractivity contribution in [3.05, 3.63) is 12.2 Å². The second-order valence-corrected chi connectivity index (χ2v) is 2.04. The number of nitrogens with two attached hydrogens (primary N) is 1. The van der Waals surface area contributed by atoms with Crippen molar-refractivity contribution in [3.63, 3.8) is 0 Å². The Kier molecular flexibility index (Phi) is 5.64. The summed E-state index contributed by atoms with van der Waals surface area (Å²) >= 11 is 0. The number of hydrogen-bond acceptors (Lipinski definition) is 1. The first-order valence-corrected chi connectivity index (χ1v) is 3.80. The Morgan fingerprint density at radius 3 is 2.22 bits per heavy atom. The molecule has 1 rings (SSSR count). The van der Waals surface area contributed by atoms with Gasteiger partial charge in [0.15, 0.2) is 0 Å². The van der Waals surface area contributed by atoms with Gasteiger partial charge >= 0.3 is 0 Å². The van der Waals surface area contributed by atoms with Crippen molar-refractivity contribution in [1.29, 1.82) is 0 Å². The fraction of sp³-hybridized carbons (Fsp3) is 0.750. The summed E-state index contributed by atoms with van der Waals surface area (Å²) in [6.45, 7) is 4.00. The molecule has 1 unspecified atom stereocenters. The molecular formula is C8H17N. The minimum atomic E-state index is 0.449. The van der Waals surface area contributed by atoms with Crippen molar-refractivity contribution < 1.29 is 0 Å². The predicted molar refractivity (Wildman–Crippen MR) is 42.3 cm³/mol. The van der Waals surface area contributed by atoms with E-state index in [2.05, 4.69) is 12.2 Å². The van der Waals surface area contributed by atoms with Gasteiger partial charge in [0.25, 0.3) is 0 Å². The molecule has 0 aromatic carbocycles. The summed E-state index contributed by atoms with van der Waals surface area (Å²) in [5, 5.41) is 0. The van der Waals surface area contributed by atoms with Crippen LogP contribution in [-0.2, 0) is 0 Å². The van der Waals surface area contributed by atoms with E-state index in [1.54, 1.807) is 0 Å². The molecule has 9 heavy (non-hydrogen) atoms. The molecule has 0 amide bonds. The molecule has 0 radical (unpaired) electrons. The molecule has 2 N–H and O–H groups in total. The fourth-order valence-electron chi connectivity index (χ4n) is 0.817. The van der Waals surface area contributed by atoms with Gasteiger partial charge in [0.05, 0.1) is 0 Å². The summed E-state index contributed by atoms with van der Waals surface area (Å²) < 4.78 is 0. The summed E-state index contributed by atoms with van der Waals surface area (Å²) in [5.74, 6) is 0. The number of hydrogen-bond donors (Lipinski definition) is 1. The molecule has 0 spiro atoms. The second kappa shape index (κ2) is 5.83. The average molecular weight is 127 g/mol. The van der Waals surface area contributed by atoms with E-state index in [4.69, 9.17) is 5.73 Å². The molecule has 1 heteroatoms. The van der Waals surface area contributed by atoms with E-state index in [1.165, 1.54) is 12.8 Å². The van der Waals surface area contributed by atoms with E-state index in [1.807, 2.05) is 13.8 Å². The maximum absolute atomic E-state index is 5.58. The van der Waals surface area contributed by atoms with Crippen molar-refractivity contribution in [1.82, 2.24) is 0 Å². The predicted octanol–water partition coefficient (Wildman–Crippen LogP) is 2.08. The van der Waals surface area contributed by atoms with E-state index in [0.717, 1.165) is 6.42 Å². The lowest BCUT2D eigenvalue weighted by Crippen LogP contribution is -2.19. The first kappa shape index (κ1) is 8.70. The third-order valence-electron chi connectivity index (χ3n) is 1.31. The lowest BCUT2D eigenvalue weighted by molar-refractivity contribution is 0.606. The van der Waals surface area contributed by atoms with Gasteiger partial charge in [-0.05, 0) is 19.3 Å². The third kappa shape index (κ3) is 4.22. The van der Waals surface area contributed by atoms with Gasteiger partial charge in [0.2, 0.25) is 0 Å². The minimum absolute atomic E-state index is 0.449. The highest BCUT2D eigenvalue weighted by Gasteiger charge is 2.00. The van der Waals surface area contributed by atoms with E-state index in [9.17, 15) is 0 Å².